The van der Waals surface area contributed by atoms with Gasteiger partial charge in [0, 0.05) is 0 Å². The SMILES string of the molecule is COC(=N)CC(=O)O[C@@H](C)C(=O)OC. The Labute approximate surface area is 81.6 Å². The van der Waals surface area contributed by atoms with Gasteiger partial charge in [-0.3, -0.25) is 10.2 Å². The summed E-state index contributed by atoms with van der Waals surface area (Å²) in [7, 11) is 2.48. The molecule has 0 saturated carbocycles. The average molecular weight is 203 g/mol. The lowest BCUT2D eigenvalue weighted by Gasteiger charge is -2.10. The van der Waals surface area contributed by atoms with Crippen molar-refractivity contribution in [3.63, 3.8) is 0 Å². The molecule has 0 heterocycles. The Balaban J connectivity index is 3.94. The van der Waals surface area contributed by atoms with Gasteiger partial charge in [-0.25, -0.2) is 4.79 Å². The summed E-state index contributed by atoms with van der Waals surface area (Å²) in [6.07, 6.45) is -1.25. The predicted octanol–water partition coefficient (Wildman–Crippen LogP) is 0.105. The Morgan fingerprint density at radius 1 is 1.29 bits per heavy atom. The molecule has 0 aliphatic carbocycles. The van der Waals surface area contributed by atoms with Gasteiger partial charge in [0.25, 0.3) is 0 Å². The summed E-state index contributed by atoms with van der Waals surface area (Å²) in [5, 5.41) is 7.03. The fraction of sp³-hybridized carbons (Fsp3) is 0.625. The highest BCUT2D eigenvalue weighted by Crippen LogP contribution is 1.98. The normalized spacial score (nSPS) is 11.4. The molecule has 0 fully saturated rings. The highest BCUT2D eigenvalue weighted by Gasteiger charge is 2.18. The highest BCUT2D eigenvalue weighted by atomic mass is 16.6. The molecule has 0 saturated heterocycles. The molecule has 0 aromatic heterocycles. The van der Waals surface area contributed by atoms with Crippen LogP contribution >= 0.6 is 0 Å². The topological polar surface area (TPSA) is 85.7 Å². The Hall–Kier alpha value is -1.59. The number of carbonyl (C=O) groups is 2. The third-order valence-electron chi connectivity index (χ3n) is 1.39. The molecule has 0 radical (unpaired) electrons. The lowest BCUT2D eigenvalue weighted by Crippen LogP contribution is -2.26. The van der Waals surface area contributed by atoms with Crippen LogP contribution in [0.25, 0.3) is 0 Å². The van der Waals surface area contributed by atoms with Gasteiger partial charge in [0.2, 0.25) is 0 Å². The Morgan fingerprint density at radius 3 is 2.29 bits per heavy atom. The summed E-state index contributed by atoms with van der Waals surface area (Å²) < 4.78 is 13.4. The van der Waals surface area contributed by atoms with E-state index < -0.39 is 18.0 Å². The van der Waals surface area contributed by atoms with Crippen LogP contribution in [0.5, 0.6) is 0 Å². The fourth-order valence-corrected chi connectivity index (χ4v) is 0.656. The van der Waals surface area contributed by atoms with E-state index in [1.54, 1.807) is 0 Å². The van der Waals surface area contributed by atoms with Gasteiger partial charge in [-0.15, -0.1) is 0 Å². The molecule has 0 aromatic carbocycles. The summed E-state index contributed by atoms with van der Waals surface area (Å²) in [5.74, 6) is -1.55. The van der Waals surface area contributed by atoms with Gasteiger partial charge in [-0.1, -0.05) is 0 Å². The van der Waals surface area contributed by atoms with Crippen LogP contribution in [-0.4, -0.2) is 38.2 Å². The van der Waals surface area contributed by atoms with Crippen LogP contribution in [0.4, 0.5) is 0 Å². The number of ether oxygens (including phenoxy) is 3. The summed E-state index contributed by atoms with van der Waals surface area (Å²) in [5.41, 5.74) is 0. The molecular formula is C8H13NO5. The zero-order valence-corrected chi connectivity index (χ0v) is 8.33. The first-order valence-electron chi connectivity index (χ1n) is 3.90. The average Bonchev–Trinajstić information content (AvgIpc) is 2.15. The van der Waals surface area contributed by atoms with Crippen molar-refractivity contribution in [3.8, 4) is 0 Å². The molecule has 6 heteroatoms. The number of hydrogen-bond acceptors (Lipinski definition) is 6. The smallest absolute Gasteiger partial charge is 0.346 e. The van der Waals surface area contributed by atoms with E-state index in [0.717, 1.165) is 0 Å². The summed E-state index contributed by atoms with van der Waals surface area (Å²) in [4.78, 5) is 21.8. The molecule has 1 N–H and O–H groups in total. The first-order valence-corrected chi connectivity index (χ1v) is 3.90. The van der Waals surface area contributed by atoms with E-state index in [4.69, 9.17) is 5.41 Å². The van der Waals surface area contributed by atoms with Crippen molar-refractivity contribution < 1.29 is 23.8 Å². The molecule has 6 nitrogen and oxygen atoms in total. The van der Waals surface area contributed by atoms with Crippen LogP contribution in [0.15, 0.2) is 0 Å². The molecular weight excluding hydrogens is 190 g/mol. The molecule has 14 heavy (non-hydrogen) atoms. The number of carbonyl (C=O) groups excluding carboxylic acids is 2. The second-order valence-electron chi connectivity index (χ2n) is 2.46. The van der Waals surface area contributed by atoms with E-state index >= 15 is 0 Å². The van der Waals surface area contributed by atoms with E-state index in [1.807, 2.05) is 0 Å². The van der Waals surface area contributed by atoms with Crippen molar-refractivity contribution in [2.24, 2.45) is 0 Å². The number of methoxy groups -OCH3 is 2. The van der Waals surface area contributed by atoms with Gasteiger partial charge in [0.05, 0.1) is 14.2 Å². The first kappa shape index (κ1) is 12.4. The quantitative estimate of drug-likeness (QED) is 0.398. The van der Waals surface area contributed by atoms with E-state index in [0.29, 0.717) is 0 Å². The number of hydrogen-bond donors (Lipinski definition) is 1. The van der Waals surface area contributed by atoms with Crippen molar-refractivity contribution in [1.82, 2.24) is 0 Å². The summed E-state index contributed by atoms with van der Waals surface area (Å²) >= 11 is 0. The third-order valence-corrected chi connectivity index (χ3v) is 1.39. The van der Waals surface area contributed by atoms with Crippen LogP contribution in [0.3, 0.4) is 0 Å². The van der Waals surface area contributed by atoms with Gasteiger partial charge < -0.3 is 14.2 Å². The lowest BCUT2D eigenvalue weighted by molar-refractivity contribution is -0.164. The lowest BCUT2D eigenvalue weighted by atomic mass is 10.4. The van der Waals surface area contributed by atoms with E-state index in [9.17, 15) is 9.59 Å². The van der Waals surface area contributed by atoms with E-state index in [2.05, 4.69) is 14.2 Å². The third kappa shape index (κ3) is 4.44. The molecule has 0 rings (SSSR count). The van der Waals surface area contributed by atoms with Gasteiger partial charge in [0.1, 0.15) is 6.42 Å². The van der Waals surface area contributed by atoms with Crippen molar-refractivity contribution in [2.75, 3.05) is 14.2 Å². The zero-order chi connectivity index (χ0) is 11.1. The zero-order valence-electron chi connectivity index (χ0n) is 8.33. The second-order valence-corrected chi connectivity index (χ2v) is 2.46. The minimum Gasteiger partial charge on any atom is -0.484 e. The maximum atomic E-state index is 11.0. The standard InChI is InChI=1S/C8H13NO5/c1-5(8(11)13-3)14-7(10)4-6(9)12-2/h5,9H,4H2,1-3H3/t5-/m0/s1. The van der Waals surface area contributed by atoms with Crippen molar-refractivity contribution in [3.05, 3.63) is 0 Å². The van der Waals surface area contributed by atoms with Crippen LogP contribution < -0.4 is 0 Å². The van der Waals surface area contributed by atoms with Crippen LogP contribution in [0.1, 0.15) is 13.3 Å². The molecule has 0 aliphatic rings. The van der Waals surface area contributed by atoms with Gasteiger partial charge in [-0.2, -0.15) is 0 Å². The van der Waals surface area contributed by atoms with Crippen LogP contribution in [0.2, 0.25) is 0 Å². The first-order chi connectivity index (χ1) is 6.51. The largest absolute Gasteiger partial charge is 0.484 e. The molecule has 0 spiro atoms. The Kier molecular flexibility index (Phi) is 5.28. The highest BCUT2D eigenvalue weighted by molar-refractivity contribution is 5.93. The molecule has 0 unspecified atom stereocenters. The fourth-order valence-electron chi connectivity index (χ4n) is 0.656. The minimum atomic E-state index is -0.961. The molecule has 0 aromatic rings. The molecule has 80 valence electrons. The van der Waals surface area contributed by atoms with Crippen LogP contribution in [0, 0.1) is 5.41 Å². The molecule has 1 atom stereocenters. The minimum absolute atomic E-state index is 0.216. The molecule has 0 amide bonds. The Bertz CT molecular complexity index is 238. The maximum absolute atomic E-state index is 11.0. The Morgan fingerprint density at radius 2 is 1.86 bits per heavy atom. The molecule has 0 bridgehead atoms. The van der Waals surface area contributed by atoms with Gasteiger partial charge >= 0.3 is 11.9 Å². The summed E-state index contributed by atoms with van der Waals surface area (Å²) in [6, 6.07) is 0. The van der Waals surface area contributed by atoms with Crippen LogP contribution in [-0.2, 0) is 23.8 Å². The maximum Gasteiger partial charge on any atom is 0.346 e. The number of rotatable bonds is 4. The number of nitrogens with one attached hydrogen (secondary N) is 1. The van der Waals surface area contributed by atoms with E-state index in [1.165, 1.54) is 21.1 Å². The van der Waals surface area contributed by atoms with Gasteiger partial charge in [0.15, 0.2) is 12.0 Å². The molecule has 0 aliphatic heterocycles. The summed E-state index contributed by atoms with van der Waals surface area (Å²) in [6.45, 7) is 1.39. The van der Waals surface area contributed by atoms with Crippen molar-refractivity contribution in [1.29, 1.82) is 5.41 Å². The predicted molar refractivity (Wildman–Crippen MR) is 46.9 cm³/mol. The van der Waals surface area contributed by atoms with Crippen molar-refractivity contribution in [2.45, 2.75) is 19.4 Å². The second kappa shape index (κ2) is 5.95. The van der Waals surface area contributed by atoms with E-state index in [-0.39, 0.29) is 12.3 Å². The number of esters is 2. The van der Waals surface area contributed by atoms with Gasteiger partial charge in [-0.05, 0) is 6.92 Å². The van der Waals surface area contributed by atoms with Crippen molar-refractivity contribution >= 4 is 17.8 Å². The monoisotopic (exact) mass is 203 g/mol.